The number of aromatic nitrogens is 1. The molecule has 0 saturated heterocycles. The van der Waals surface area contributed by atoms with Crippen LogP contribution in [0.3, 0.4) is 0 Å². The van der Waals surface area contributed by atoms with Crippen molar-refractivity contribution >= 4 is 17.5 Å². The minimum absolute atomic E-state index is 0.0237. The lowest BCUT2D eigenvalue weighted by atomic mass is 9.87. The van der Waals surface area contributed by atoms with Crippen molar-refractivity contribution in [3.63, 3.8) is 0 Å². The van der Waals surface area contributed by atoms with Gasteiger partial charge in [0.15, 0.2) is 0 Å². The van der Waals surface area contributed by atoms with E-state index in [9.17, 15) is 4.79 Å². The maximum Gasteiger partial charge on any atom is 0.270 e. The first-order chi connectivity index (χ1) is 14.7. The molecule has 0 spiro atoms. The van der Waals surface area contributed by atoms with Crippen molar-refractivity contribution in [2.75, 3.05) is 13.7 Å². The molecule has 5 nitrogen and oxygen atoms in total. The predicted octanol–water partition coefficient (Wildman–Crippen LogP) is 5.69. The van der Waals surface area contributed by atoms with Crippen molar-refractivity contribution in [1.82, 2.24) is 15.6 Å². The van der Waals surface area contributed by atoms with E-state index in [2.05, 4.69) is 43.3 Å². The number of amides is 1. The van der Waals surface area contributed by atoms with E-state index in [-0.39, 0.29) is 23.6 Å². The maximum absolute atomic E-state index is 13.1. The molecule has 1 aromatic heterocycles. The Labute approximate surface area is 191 Å². The SMILES string of the molecule is CCCCCO[C@H](NC)C(CC(C)(C)C)NC(=O)c1cccc(-c2cccc(Cl)c2)n1. The molecule has 0 bridgehead atoms. The number of benzene rings is 1. The molecule has 2 rings (SSSR count). The van der Waals surface area contributed by atoms with Crippen molar-refractivity contribution in [3.05, 3.63) is 53.2 Å². The molecule has 2 N–H and O–H groups in total. The molecule has 0 aliphatic carbocycles. The number of hydrogen-bond acceptors (Lipinski definition) is 4. The third kappa shape index (κ3) is 8.60. The van der Waals surface area contributed by atoms with Crippen LogP contribution in [0.4, 0.5) is 0 Å². The van der Waals surface area contributed by atoms with E-state index in [1.54, 1.807) is 6.07 Å². The quantitative estimate of drug-likeness (QED) is 0.344. The van der Waals surface area contributed by atoms with E-state index in [0.717, 1.165) is 31.2 Å². The predicted molar refractivity (Wildman–Crippen MR) is 128 cm³/mol. The average Bonchev–Trinajstić information content (AvgIpc) is 2.72. The van der Waals surface area contributed by atoms with E-state index in [4.69, 9.17) is 16.3 Å². The van der Waals surface area contributed by atoms with Gasteiger partial charge in [-0.15, -0.1) is 0 Å². The lowest BCUT2D eigenvalue weighted by Crippen LogP contribution is -2.52. The highest BCUT2D eigenvalue weighted by atomic mass is 35.5. The molecule has 0 saturated carbocycles. The van der Waals surface area contributed by atoms with Gasteiger partial charge in [-0.25, -0.2) is 4.98 Å². The largest absolute Gasteiger partial charge is 0.361 e. The van der Waals surface area contributed by atoms with Crippen LogP contribution in [0, 0.1) is 5.41 Å². The van der Waals surface area contributed by atoms with Crippen molar-refractivity contribution in [3.8, 4) is 11.3 Å². The molecule has 0 aliphatic rings. The number of unbranched alkanes of at least 4 members (excludes halogenated alkanes) is 2. The molecule has 1 heterocycles. The van der Waals surface area contributed by atoms with Crippen LogP contribution in [0.5, 0.6) is 0 Å². The van der Waals surface area contributed by atoms with Gasteiger partial charge in [-0.05, 0) is 49.6 Å². The third-order valence-electron chi connectivity index (χ3n) is 4.95. The van der Waals surface area contributed by atoms with Crippen LogP contribution in [-0.4, -0.2) is 36.8 Å². The van der Waals surface area contributed by atoms with E-state index >= 15 is 0 Å². The summed E-state index contributed by atoms with van der Waals surface area (Å²) in [5.41, 5.74) is 1.98. The van der Waals surface area contributed by atoms with E-state index in [1.165, 1.54) is 0 Å². The first kappa shape index (κ1) is 25.3. The minimum atomic E-state index is -0.267. The molecular formula is C25H36ClN3O2. The van der Waals surface area contributed by atoms with Crippen LogP contribution in [0.2, 0.25) is 5.02 Å². The van der Waals surface area contributed by atoms with Gasteiger partial charge in [-0.3, -0.25) is 10.1 Å². The van der Waals surface area contributed by atoms with Crippen LogP contribution < -0.4 is 10.6 Å². The number of carbonyl (C=O) groups is 1. The van der Waals surface area contributed by atoms with Gasteiger partial charge in [-0.2, -0.15) is 0 Å². The number of nitrogens with one attached hydrogen (secondary N) is 2. The Balaban J connectivity index is 2.17. The fourth-order valence-corrected chi connectivity index (χ4v) is 3.66. The van der Waals surface area contributed by atoms with E-state index in [0.29, 0.717) is 23.0 Å². The van der Waals surface area contributed by atoms with Crippen LogP contribution >= 0.6 is 11.6 Å². The summed E-state index contributed by atoms with van der Waals surface area (Å²) in [4.78, 5) is 17.7. The van der Waals surface area contributed by atoms with Gasteiger partial charge in [-0.1, -0.05) is 70.3 Å². The first-order valence-corrected chi connectivity index (χ1v) is 11.4. The number of likely N-dealkylation sites (N-methyl/N-ethyl adjacent to an activating group) is 1. The third-order valence-corrected chi connectivity index (χ3v) is 5.18. The number of halogens is 1. The summed E-state index contributed by atoms with van der Waals surface area (Å²) in [6, 6.07) is 12.7. The van der Waals surface area contributed by atoms with Gasteiger partial charge in [0.25, 0.3) is 5.91 Å². The number of rotatable bonds is 11. The molecule has 31 heavy (non-hydrogen) atoms. The normalized spacial score (nSPS) is 13.6. The van der Waals surface area contributed by atoms with Crippen LogP contribution in [-0.2, 0) is 4.74 Å². The molecule has 170 valence electrons. The van der Waals surface area contributed by atoms with Crippen molar-refractivity contribution in [1.29, 1.82) is 0 Å². The summed E-state index contributed by atoms with van der Waals surface area (Å²) in [5, 5.41) is 7.02. The second kappa shape index (κ2) is 12.2. The van der Waals surface area contributed by atoms with Gasteiger partial charge < -0.3 is 10.1 Å². The molecular weight excluding hydrogens is 410 g/mol. The van der Waals surface area contributed by atoms with Crippen molar-refractivity contribution in [2.45, 2.75) is 65.6 Å². The highest BCUT2D eigenvalue weighted by Crippen LogP contribution is 2.24. The number of hydrogen-bond donors (Lipinski definition) is 2. The lowest BCUT2D eigenvalue weighted by molar-refractivity contribution is -0.00215. The summed E-state index contributed by atoms with van der Waals surface area (Å²) in [7, 11) is 1.87. The van der Waals surface area contributed by atoms with Gasteiger partial charge in [0.1, 0.15) is 11.9 Å². The lowest BCUT2D eigenvalue weighted by Gasteiger charge is -2.32. The Kier molecular flexibility index (Phi) is 9.94. The Morgan fingerprint density at radius 2 is 1.90 bits per heavy atom. The van der Waals surface area contributed by atoms with Gasteiger partial charge in [0.2, 0.25) is 0 Å². The summed E-state index contributed by atoms with van der Waals surface area (Å²) >= 11 is 6.11. The topological polar surface area (TPSA) is 63.2 Å². The summed E-state index contributed by atoms with van der Waals surface area (Å²) in [5.74, 6) is -0.212. The highest BCUT2D eigenvalue weighted by molar-refractivity contribution is 6.30. The zero-order valence-corrected chi connectivity index (χ0v) is 20.1. The molecule has 2 aromatic rings. The molecule has 6 heteroatoms. The van der Waals surface area contributed by atoms with Crippen molar-refractivity contribution < 1.29 is 9.53 Å². The van der Waals surface area contributed by atoms with E-state index in [1.807, 2.05) is 43.4 Å². The molecule has 1 aromatic carbocycles. The Morgan fingerprint density at radius 3 is 2.55 bits per heavy atom. The van der Waals surface area contributed by atoms with Gasteiger partial charge in [0, 0.05) is 17.2 Å². The van der Waals surface area contributed by atoms with Crippen molar-refractivity contribution in [2.24, 2.45) is 5.41 Å². The maximum atomic E-state index is 13.1. The molecule has 1 amide bonds. The first-order valence-electron chi connectivity index (χ1n) is 11.1. The zero-order valence-electron chi connectivity index (χ0n) is 19.4. The van der Waals surface area contributed by atoms with Gasteiger partial charge >= 0.3 is 0 Å². The number of nitrogens with zero attached hydrogens (tertiary/aromatic N) is 1. The summed E-state index contributed by atoms with van der Waals surface area (Å²) in [6.07, 6.45) is 3.79. The van der Waals surface area contributed by atoms with Crippen LogP contribution in [0.25, 0.3) is 11.3 Å². The fourth-order valence-electron chi connectivity index (χ4n) is 3.47. The molecule has 2 atom stereocenters. The van der Waals surface area contributed by atoms with Gasteiger partial charge in [0.05, 0.1) is 11.7 Å². The zero-order chi connectivity index (χ0) is 22.9. The Bertz CT molecular complexity index is 836. The molecule has 0 fully saturated rings. The molecule has 0 radical (unpaired) electrons. The summed E-state index contributed by atoms with van der Waals surface area (Å²) < 4.78 is 6.08. The van der Waals surface area contributed by atoms with E-state index < -0.39 is 0 Å². The highest BCUT2D eigenvalue weighted by Gasteiger charge is 2.28. The minimum Gasteiger partial charge on any atom is -0.361 e. The fraction of sp³-hybridized carbons (Fsp3) is 0.520. The number of pyridine rings is 1. The summed E-state index contributed by atoms with van der Waals surface area (Å²) in [6.45, 7) is 9.32. The standard InChI is InChI=1S/C25H36ClN3O2/c1-6-7-8-15-31-24(27-5)22(17-25(2,3)4)29-23(30)21-14-10-13-20(28-21)18-11-9-12-19(26)16-18/h9-14,16,22,24,27H,6-8,15,17H2,1-5H3,(H,29,30)/t22?,24-/m0/s1. The number of carbonyl (C=O) groups excluding carboxylic acids is 1. The Morgan fingerprint density at radius 1 is 1.16 bits per heavy atom. The molecule has 1 unspecified atom stereocenters. The monoisotopic (exact) mass is 445 g/mol. The second-order valence-electron chi connectivity index (χ2n) is 9.05. The van der Waals surface area contributed by atoms with Crippen LogP contribution in [0.15, 0.2) is 42.5 Å². The average molecular weight is 446 g/mol. The van der Waals surface area contributed by atoms with Crippen LogP contribution in [0.1, 0.15) is 63.9 Å². The Hall–Kier alpha value is -1.95. The second-order valence-corrected chi connectivity index (χ2v) is 9.49. The smallest absolute Gasteiger partial charge is 0.270 e. The number of ether oxygens (including phenoxy) is 1. The molecule has 0 aliphatic heterocycles.